The summed E-state index contributed by atoms with van der Waals surface area (Å²) in [5, 5.41) is 12.8. The van der Waals surface area contributed by atoms with Crippen LogP contribution in [0.3, 0.4) is 0 Å². The summed E-state index contributed by atoms with van der Waals surface area (Å²) in [7, 11) is 0. The minimum atomic E-state index is -0.228. The molecule has 2 aromatic heterocycles. The second-order valence-electron chi connectivity index (χ2n) is 4.49. The largest absolute Gasteiger partial charge is 0.374 e. The molecule has 0 unspecified atom stereocenters. The molecule has 0 saturated heterocycles. The van der Waals surface area contributed by atoms with E-state index in [2.05, 4.69) is 35.4 Å². The van der Waals surface area contributed by atoms with Crippen molar-refractivity contribution in [3.63, 3.8) is 0 Å². The van der Waals surface area contributed by atoms with Gasteiger partial charge in [0.15, 0.2) is 0 Å². The molecule has 18 heavy (non-hydrogen) atoms. The quantitative estimate of drug-likeness (QED) is 0.897. The Balaban J connectivity index is 1.98. The Morgan fingerprint density at radius 1 is 1.50 bits per heavy atom. The van der Waals surface area contributed by atoms with Crippen LogP contribution in [0.5, 0.6) is 0 Å². The average molecular weight is 282 g/mol. The van der Waals surface area contributed by atoms with Gasteiger partial charge in [0.2, 0.25) is 10.1 Å². The van der Waals surface area contributed by atoms with Crippen molar-refractivity contribution in [2.45, 2.75) is 19.3 Å². The number of anilines is 1. The molecule has 0 radical (unpaired) electrons. The Hall–Kier alpha value is -1.47. The van der Waals surface area contributed by atoms with Crippen LogP contribution in [0.15, 0.2) is 17.5 Å². The molecular formula is C11H14N4OS2. The number of aromatic nitrogens is 2. The van der Waals surface area contributed by atoms with Crippen molar-refractivity contribution in [3.05, 3.63) is 27.4 Å². The standard InChI is InChI=1S/C11H14N4OS2/c1-11(2,7-4-3-5-17-7)6-13-8(16)9-14-15-10(12)18-9/h3-5H,6H2,1-2H3,(H2,12,15)(H,13,16). The first-order valence-electron chi connectivity index (χ1n) is 5.40. The van der Waals surface area contributed by atoms with Crippen molar-refractivity contribution in [1.82, 2.24) is 15.5 Å². The molecule has 3 N–H and O–H groups in total. The highest BCUT2D eigenvalue weighted by atomic mass is 32.1. The van der Waals surface area contributed by atoms with Gasteiger partial charge >= 0.3 is 0 Å². The minimum Gasteiger partial charge on any atom is -0.374 e. The molecule has 0 bridgehead atoms. The van der Waals surface area contributed by atoms with E-state index in [1.54, 1.807) is 11.3 Å². The van der Waals surface area contributed by atoms with E-state index in [1.165, 1.54) is 4.88 Å². The molecule has 0 saturated carbocycles. The van der Waals surface area contributed by atoms with Gasteiger partial charge < -0.3 is 11.1 Å². The molecular weight excluding hydrogens is 268 g/mol. The predicted molar refractivity (Wildman–Crippen MR) is 74.0 cm³/mol. The number of thiophene rings is 1. The lowest BCUT2D eigenvalue weighted by atomic mass is 9.91. The Labute approximate surface area is 113 Å². The molecule has 7 heteroatoms. The van der Waals surface area contributed by atoms with Crippen LogP contribution in [0.4, 0.5) is 5.13 Å². The van der Waals surface area contributed by atoms with Crippen LogP contribution in [0.2, 0.25) is 0 Å². The third-order valence-electron chi connectivity index (χ3n) is 2.51. The normalized spacial score (nSPS) is 11.4. The predicted octanol–water partition coefficient (Wildman–Crippen LogP) is 1.89. The summed E-state index contributed by atoms with van der Waals surface area (Å²) in [6.45, 7) is 4.73. The number of carbonyl (C=O) groups excluding carboxylic acids is 1. The van der Waals surface area contributed by atoms with E-state index in [9.17, 15) is 4.79 Å². The first-order valence-corrected chi connectivity index (χ1v) is 7.10. The second kappa shape index (κ2) is 5.03. The van der Waals surface area contributed by atoms with E-state index in [1.807, 2.05) is 11.4 Å². The van der Waals surface area contributed by atoms with Crippen molar-refractivity contribution in [1.29, 1.82) is 0 Å². The molecule has 2 heterocycles. The monoisotopic (exact) mass is 282 g/mol. The lowest BCUT2D eigenvalue weighted by Crippen LogP contribution is -2.36. The van der Waals surface area contributed by atoms with Crippen molar-refractivity contribution >= 4 is 33.7 Å². The number of hydrogen-bond acceptors (Lipinski definition) is 6. The van der Waals surface area contributed by atoms with Gasteiger partial charge in [-0.15, -0.1) is 21.5 Å². The lowest BCUT2D eigenvalue weighted by molar-refractivity contribution is 0.0945. The summed E-state index contributed by atoms with van der Waals surface area (Å²) in [6, 6.07) is 4.08. The summed E-state index contributed by atoms with van der Waals surface area (Å²) in [6.07, 6.45) is 0. The third kappa shape index (κ3) is 2.85. The Bertz CT molecular complexity index is 533. The zero-order valence-electron chi connectivity index (χ0n) is 10.1. The fourth-order valence-electron chi connectivity index (χ4n) is 1.45. The molecule has 5 nitrogen and oxygen atoms in total. The number of nitrogen functional groups attached to an aromatic ring is 1. The van der Waals surface area contributed by atoms with Gasteiger partial charge in [-0.25, -0.2) is 0 Å². The van der Waals surface area contributed by atoms with Crippen molar-refractivity contribution in [2.24, 2.45) is 0 Å². The fourth-order valence-corrected chi connectivity index (χ4v) is 2.83. The molecule has 0 spiro atoms. The van der Waals surface area contributed by atoms with Gasteiger partial charge in [0.1, 0.15) is 0 Å². The Morgan fingerprint density at radius 2 is 2.28 bits per heavy atom. The first-order chi connectivity index (χ1) is 8.49. The first kappa shape index (κ1) is 13.0. The molecule has 0 aliphatic carbocycles. The maximum atomic E-state index is 11.8. The van der Waals surface area contributed by atoms with Gasteiger partial charge in [0, 0.05) is 16.8 Å². The van der Waals surface area contributed by atoms with Crippen molar-refractivity contribution in [2.75, 3.05) is 12.3 Å². The average Bonchev–Trinajstić information content (AvgIpc) is 2.96. The number of rotatable bonds is 4. The number of nitrogens with one attached hydrogen (secondary N) is 1. The summed E-state index contributed by atoms with van der Waals surface area (Å²) < 4.78 is 0. The highest BCUT2D eigenvalue weighted by Crippen LogP contribution is 2.26. The maximum Gasteiger partial charge on any atom is 0.282 e. The van der Waals surface area contributed by atoms with Crippen LogP contribution in [-0.2, 0) is 5.41 Å². The van der Waals surface area contributed by atoms with Crippen LogP contribution in [0.1, 0.15) is 28.5 Å². The van der Waals surface area contributed by atoms with Gasteiger partial charge in [-0.1, -0.05) is 31.3 Å². The van der Waals surface area contributed by atoms with Crippen molar-refractivity contribution < 1.29 is 4.79 Å². The van der Waals surface area contributed by atoms with Crippen LogP contribution >= 0.6 is 22.7 Å². The molecule has 0 aliphatic heterocycles. The topological polar surface area (TPSA) is 80.9 Å². The molecule has 0 atom stereocenters. The molecule has 2 aromatic rings. The Kier molecular flexibility index (Phi) is 3.63. The lowest BCUT2D eigenvalue weighted by Gasteiger charge is -2.23. The van der Waals surface area contributed by atoms with Gasteiger partial charge in [-0.2, -0.15) is 0 Å². The van der Waals surface area contributed by atoms with Gasteiger partial charge in [0.25, 0.3) is 5.91 Å². The minimum absolute atomic E-state index is 0.0972. The van der Waals surface area contributed by atoms with Gasteiger partial charge in [0.05, 0.1) is 0 Å². The SMILES string of the molecule is CC(C)(CNC(=O)c1nnc(N)s1)c1cccs1. The van der Waals surface area contributed by atoms with E-state index in [0.29, 0.717) is 16.7 Å². The van der Waals surface area contributed by atoms with Crippen LogP contribution < -0.4 is 11.1 Å². The number of hydrogen-bond donors (Lipinski definition) is 2. The van der Waals surface area contributed by atoms with E-state index in [0.717, 1.165) is 11.3 Å². The van der Waals surface area contributed by atoms with Crippen LogP contribution in [-0.4, -0.2) is 22.6 Å². The molecule has 2 rings (SSSR count). The zero-order valence-corrected chi connectivity index (χ0v) is 11.8. The highest BCUT2D eigenvalue weighted by molar-refractivity contribution is 7.16. The maximum absolute atomic E-state index is 11.8. The second-order valence-corrected chi connectivity index (χ2v) is 6.45. The number of nitrogens with zero attached hydrogens (tertiary/aromatic N) is 2. The highest BCUT2D eigenvalue weighted by Gasteiger charge is 2.23. The Morgan fingerprint density at radius 3 is 2.83 bits per heavy atom. The van der Waals surface area contributed by atoms with Crippen LogP contribution in [0, 0.1) is 0 Å². The van der Waals surface area contributed by atoms with Crippen LogP contribution in [0.25, 0.3) is 0 Å². The van der Waals surface area contributed by atoms with Crippen molar-refractivity contribution in [3.8, 4) is 0 Å². The van der Waals surface area contributed by atoms with E-state index in [-0.39, 0.29) is 11.3 Å². The third-order valence-corrected chi connectivity index (χ3v) is 4.50. The molecule has 0 aromatic carbocycles. The summed E-state index contributed by atoms with van der Waals surface area (Å²) in [4.78, 5) is 13.1. The van der Waals surface area contributed by atoms with Gasteiger partial charge in [-0.3, -0.25) is 4.79 Å². The van der Waals surface area contributed by atoms with Gasteiger partial charge in [-0.05, 0) is 11.4 Å². The summed E-state index contributed by atoms with van der Waals surface area (Å²) in [5.41, 5.74) is 5.34. The van der Waals surface area contributed by atoms with E-state index >= 15 is 0 Å². The number of carbonyl (C=O) groups is 1. The fraction of sp³-hybridized carbons (Fsp3) is 0.364. The number of amides is 1. The smallest absolute Gasteiger partial charge is 0.282 e. The zero-order chi connectivity index (χ0) is 13.2. The summed E-state index contributed by atoms with van der Waals surface area (Å²) >= 11 is 2.77. The number of nitrogens with two attached hydrogens (primary N) is 1. The molecule has 0 fully saturated rings. The van der Waals surface area contributed by atoms with E-state index < -0.39 is 0 Å². The summed E-state index contributed by atoms with van der Waals surface area (Å²) in [5.74, 6) is -0.228. The molecule has 1 amide bonds. The molecule has 96 valence electrons. The molecule has 0 aliphatic rings. The van der Waals surface area contributed by atoms with E-state index in [4.69, 9.17) is 5.73 Å².